The Labute approximate surface area is 127 Å². The molecule has 0 spiro atoms. The quantitative estimate of drug-likeness (QED) is 0.922. The van der Waals surface area contributed by atoms with Gasteiger partial charge in [0.25, 0.3) is 0 Å². The molecule has 2 aromatic rings. The van der Waals surface area contributed by atoms with Crippen LogP contribution in [0.2, 0.25) is 15.1 Å². The molecule has 1 atom stereocenters. The van der Waals surface area contributed by atoms with E-state index < -0.39 is 0 Å². The van der Waals surface area contributed by atoms with Crippen molar-refractivity contribution in [2.45, 2.75) is 25.9 Å². The molecule has 1 unspecified atom stereocenters. The fourth-order valence-corrected chi connectivity index (χ4v) is 2.87. The molecule has 0 amide bonds. The molecular weight excluding hydrogens is 305 g/mol. The smallest absolute Gasteiger partial charge is 0.0834 e. The third-order valence-electron chi connectivity index (χ3n) is 2.97. The minimum absolute atomic E-state index is 0.299. The molecule has 102 valence electrons. The van der Waals surface area contributed by atoms with Crippen LogP contribution in [-0.4, -0.2) is 9.78 Å². The lowest BCUT2D eigenvalue weighted by atomic mass is 10.0. The van der Waals surface area contributed by atoms with E-state index in [1.54, 1.807) is 23.0 Å². The van der Waals surface area contributed by atoms with Gasteiger partial charge >= 0.3 is 0 Å². The summed E-state index contributed by atoms with van der Waals surface area (Å²) >= 11 is 18.4. The summed E-state index contributed by atoms with van der Waals surface area (Å²) in [5.74, 6) is 0. The zero-order chi connectivity index (χ0) is 14.0. The second-order valence-electron chi connectivity index (χ2n) is 4.20. The van der Waals surface area contributed by atoms with Crippen LogP contribution in [0.3, 0.4) is 0 Å². The van der Waals surface area contributed by atoms with Gasteiger partial charge in [0.2, 0.25) is 0 Å². The second kappa shape index (κ2) is 6.14. The summed E-state index contributed by atoms with van der Waals surface area (Å²) in [5.41, 5.74) is 7.86. The summed E-state index contributed by atoms with van der Waals surface area (Å²) < 4.78 is 1.79. The summed E-state index contributed by atoms with van der Waals surface area (Å²) in [4.78, 5) is 0. The van der Waals surface area contributed by atoms with Gasteiger partial charge in [-0.05, 0) is 31.0 Å². The highest BCUT2D eigenvalue weighted by Gasteiger charge is 2.19. The van der Waals surface area contributed by atoms with Crippen molar-refractivity contribution in [2.24, 2.45) is 5.73 Å². The Bertz CT molecular complexity index is 560. The minimum Gasteiger partial charge on any atom is -0.322 e. The Morgan fingerprint density at radius 3 is 2.42 bits per heavy atom. The van der Waals surface area contributed by atoms with Gasteiger partial charge in [0.15, 0.2) is 0 Å². The first kappa shape index (κ1) is 14.7. The number of nitrogens with zero attached hydrogens (tertiary/aromatic N) is 2. The van der Waals surface area contributed by atoms with Crippen molar-refractivity contribution in [3.63, 3.8) is 0 Å². The Morgan fingerprint density at radius 1 is 1.21 bits per heavy atom. The maximum absolute atomic E-state index is 6.22. The molecule has 6 heteroatoms. The van der Waals surface area contributed by atoms with Crippen molar-refractivity contribution in [2.75, 3.05) is 0 Å². The van der Waals surface area contributed by atoms with Crippen molar-refractivity contribution in [1.82, 2.24) is 9.78 Å². The average molecular weight is 319 g/mol. The van der Waals surface area contributed by atoms with Crippen LogP contribution in [0.15, 0.2) is 24.4 Å². The fraction of sp³-hybridized carbons (Fsp3) is 0.308. The van der Waals surface area contributed by atoms with E-state index in [9.17, 15) is 0 Å². The molecule has 2 rings (SSSR count). The van der Waals surface area contributed by atoms with Gasteiger partial charge in [0.1, 0.15) is 0 Å². The SMILES string of the molecule is CCn1ncc(Cl)c1C(N)Cc1c(Cl)cccc1Cl. The van der Waals surface area contributed by atoms with Crippen molar-refractivity contribution in [1.29, 1.82) is 0 Å². The Morgan fingerprint density at radius 2 is 1.84 bits per heavy atom. The molecule has 1 aromatic heterocycles. The number of hydrogen-bond donors (Lipinski definition) is 1. The number of hydrogen-bond acceptors (Lipinski definition) is 2. The Balaban J connectivity index is 2.31. The third-order valence-corrected chi connectivity index (χ3v) is 3.97. The van der Waals surface area contributed by atoms with Crippen LogP contribution in [-0.2, 0) is 13.0 Å². The first-order valence-electron chi connectivity index (χ1n) is 5.94. The molecule has 0 aliphatic rings. The first-order chi connectivity index (χ1) is 9.04. The molecule has 1 heterocycles. The van der Waals surface area contributed by atoms with E-state index in [1.165, 1.54) is 0 Å². The topological polar surface area (TPSA) is 43.8 Å². The van der Waals surface area contributed by atoms with Crippen LogP contribution in [0.25, 0.3) is 0 Å². The van der Waals surface area contributed by atoms with Gasteiger partial charge in [-0.15, -0.1) is 0 Å². The standard InChI is InChI=1S/C13H14Cl3N3/c1-2-19-13(11(16)7-18-19)12(17)6-8-9(14)4-3-5-10(8)15/h3-5,7,12H,2,6,17H2,1H3. The van der Waals surface area contributed by atoms with Gasteiger partial charge in [-0.2, -0.15) is 5.10 Å². The van der Waals surface area contributed by atoms with Gasteiger partial charge < -0.3 is 5.73 Å². The van der Waals surface area contributed by atoms with Crippen molar-refractivity contribution < 1.29 is 0 Å². The lowest BCUT2D eigenvalue weighted by molar-refractivity contribution is 0.569. The van der Waals surface area contributed by atoms with Gasteiger partial charge in [-0.1, -0.05) is 40.9 Å². The predicted octanol–water partition coefficient (Wildman–Crippen LogP) is 4.11. The van der Waals surface area contributed by atoms with Crippen LogP contribution in [0, 0.1) is 0 Å². The number of benzene rings is 1. The molecule has 0 bridgehead atoms. The number of nitrogens with two attached hydrogens (primary N) is 1. The fourth-order valence-electron chi connectivity index (χ4n) is 2.04. The van der Waals surface area contributed by atoms with Crippen LogP contribution >= 0.6 is 34.8 Å². The van der Waals surface area contributed by atoms with Gasteiger partial charge in [-0.3, -0.25) is 4.68 Å². The highest BCUT2D eigenvalue weighted by Crippen LogP contribution is 2.30. The van der Waals surface area contributed by atoms with E-state index in [2.05, 4.69) is 5.10 Å². The average Bonchev–Trinajstić information content (AvgIpc) is 2.75. The number of rotatable bonds is 4. The van der Waals surface area contributed by atoms with Crippen LogP contribution < -0.4 is 5.73 Å². The summed E-state index contributed by atoms with van der Waals surface area (Å²) in [7, 11) is 0. The molecule has 0 radical (unpaired) electrons. The molecule has 0 aliphatic carbocycles. The minimum atomic E-state index is -0.299. The van der Waals surface area contributed by atoms with Crippen molar-refractivity contribution in [3.05, 3.63) is 50.7 Å². The lowest BCUT2D eigenvalue weighted by Crippen LogP contribution is -2.19. The Hall–Kier alpha value is -0.740. The number of aromatic nitrogens is 2. The summed E-state index contributed by atoms with van der Waals surface area (Å²) in [6, 6.07) is 5.11. The summed E-state index contributed by atoms with van der Waals surface area (Å²) in [5, 5.41) is 5.97. The van der Waals surface area contributed by atoms with E-state index in [1.807, 2.05) is 13.0 Å². The molecule has 0 fully saturated rings. The summed E-state index contributed by atoms with van der Waals surface area (Å²) in [6.07, 6.45) is 2.12. The monoisotopic (exact) mass is 317 g/mol. The molecule has 0 saturated carbocycles. The van der Waals surface area contributed by atoms with Crippen LogP contribution in [0.1, 0.15) is 24.2 Å². The van der Waals surface area contributed by atoms with E-state index in [4.69, 9.17) is 40.5 Å². The van der Waals surface area contributed by atoms with Gasteiger partial charge in [0, 0.05) is 16.6 Å². The summed E-state index contributed by atoms with van der Waals surface area (Å²) in [6.45, 7) is 2.70. The molecule has 0 aliphatic heterocycles. The maximum atomic E-state index is 6.22. The van der Waals surface area contributed by atoms with Crippen molar-refractivity contribution in [3.8, 4) is 0 Å². The molecule has 0 saturated heterocycles. The first-order valence-corrected chi connectivity index (χ1v) is 7.07. The normalized spacial score (nSPS) is 12.7. The highest BCUT2D eigenvalue weighted by molar-refractivity contribution is 6.36. The number of halogens is 3. The third kappa shape index (κ3) is 3.06. The second-order valence-corrected chi connectivity index (χ2v) is 5.43. The Kier molecular flexibility index (Phi) is 4.74. The number of aryl methyl sites for hydroxylation is 1. The maximum Gasteiger partial charge on any atom is 0.0834 e. The highest BCUT2D eigenvalue weighted by atomic mass is 35.5. The van der Waals surface area contributed by atoms with Crippen LogP contribution in [0.5, 0.6) is 0 Å². The van der Waals surface area contributed by atoms with E-state index >= 15 is 0 Å². The van der Waals surface area contributed by atoms with E-state index in [0.29, 0.717) is 28.0 Å². The van der Waals surface area contributed by atoms with Gasteiger partial charge in [0.05, 0.1) is 23.0 Å². The zero-order valence-electron chi connectivity index (χ0n) is 10.4. The van der Waals surface area contributed by atoms with Crippen molar-refractivity contribution >= 4 is 34.8 Å². The molecule has 19 heavy (non-hydrogen) atoms. The van der Waals surface area contributed by atoms with E-state index in [0.717, 1.165) is 11.3 Å². The lowest BCUT2D eigenvalue weighted by Gasteiger charge is -2.16. The molecule has 2 N–H and O–H groups in total. The van der Waals surface area contributed by atoms with E-state index in [-0.39, 0.29) is 6.04 Å². The zero-order valence-corrected chi connectivity index (χ0v) is 12.7. The molecular formula is C13H14Cl3N3. The largest absolute Gasteiger partial charge is 0.322 e. The molecule has 1 aromatic carbocycles. The molecule has 3 nitrogen and oxygen atoms in total. The van der Waals surface area contributed by atoms with Gasteiger partial charge in [-0.25, -0.2) is 0 Å². The predicted molar refractivity (Wildman–Crippen MR) is 80.0 cm³/mol. The van der Waals surface area contributed by atoms with Crippen LogP contribution in [0.4, 0.5) is 0 Å².